The Morgan fingerprint density at radius 1 is 1.44 bits per heavy atom. The standard InChI is InChI=1S/C14H18ClN/c1-9-3-4-10-11(13(9)15)5-6-14(2)8-16-7-12(10)14/h3-4,12,16H,5-8H2,1-2H3/t12-,14+/m0/s1. The molecule has 1 aromatic carbocycles. The van der Waals surface area contributed by atoms with Gasteiger partial charge < -0.3 is 5.32 Å². The van der Waals surface area contributed by atoms with Gasteiger partial charge in [-0.15, -0.1) is 0 Å². The molecule has 0 saturated carbocycles. The lowest BCUT2D eigenvalue weighted by atomic mass is 9.67. The van der Waals surface area contributed by atoms with Crippen LogP contribution in [0.3, 0.4) is 0 Å². The molecule has 0 aromatic heterocycles. The third kappa shape index (κ3) is 1.34. The van der Waals surface area contributed by atoms with Gasteiger partial charge in [-0.3, -0.25) is 0 Å². The van der Waals surface area contributed by atoms with E-state index < -0.39 is 0 Å². The summed E-state index contributed by atoms with van der Waals surface area (Å²) in [6.45, 7) is 6.78. The van der Waals surface area contributed by atoms with Crippen molar-refractivity contribution in [1.82, 2.24) is 5.32 Å². The lowest BCUT2D eigenvalue weighted by Crippen LogP contribution is -2.30. The van der Waals surface area contributed by atoms with Crippen LogP contribution in [0.5, 0.6) is 0 Å². The predicted molar refractivity (Wildman–Crippen MR) is 68.2 cm³/mol. The van der Waals surface area contributed by atoms with Crippen molar-refractivity contribution in [1.29, 1.82) is 0 Å². The molecule has 0 unspecified atom stereocenters. The summed E-state index contributed by atoms with van der Waals surface area (Å²) < 4.78 is 0. The summed E-state index contributed by atoms with van der Waals surface area (Å²) in [5, 5.41) is 4.54. The lowest BCUT2D eigenvalue weighted by Gasteiger charge is -2.37. The summed E-state index contributed by atoms with van der Waals surface area (Å²) in [5.74, 6) is 0.661. The molecule has 1 fully saturated rings. The minimum absolute atomic E-state index is 0.450. The van der Waals surface area contributed by atoms with E-state index in [0.29, 0.717) is 11.3 Å². The number of fused-ring (bicyclic) bond motifs is 3. The zero-order valence-corrected chi connectivity index (χ0v) is 10.7. The van der Waals surface area contributed by atoms with E-state index in [9.17, 15) is 0 Å². The second-order valence-electron chi connectivity index (χ2n) is 5.60. The van der Waals surface area contributed by atoms with Crippen LogP contribution < -0.4 is 5.32 Å². The SMILES string of the molecule is Cc1ccc2c(c1Cl)CC[C@]1(C)CNC[C@@H]21. The summed E-state index contributed by atoms with van der Waals surface area (Å²) in [6, 6.07) is 4.47. The molecule has 2 heteroatoms. The van der Waals surface area contributed by atoms with Crippen molar-refractivity contribution in [3.05, 3.63) is 33.8 Å². The molecule has 0 bridgehead atoms. The van der Waals surface area contributed by atoms with E-state index in [4.69, 9.17) is 11.6 Å². The first-order valence-electron chi connectivity index (χ1n) is 6.10. The van der Waals surface area contributed by atoms with Gasteiger partial charge in [0.05, 0.1) is 0 Å². The number of rotatable bonds is 0. The third-order valence-corrected chi connectivity index (χ3v) is 5.04. The van der Waals surface area contributed by atoms with E-state index in [0.717, 1.165) is 24.5 Å². The fraction of sp³-hybridized carbons (Fsp3) is 0.571. The van der Waals surface area contributed by atoms with Crippen molar-refractivity contribution < 1.29 is 0 Å². The Bertz CT molecular complexity index is 441. The molecular weight excluding hydrogens is 218 g/mol. The summed E-state index contributed by atoms with van der Waals surface area (Å²) in [7, 11) is 0. The summed E-state index contributed by atoms with van der Waals surface area (Å²) in [4.78, 5) is 0. The third-order valence-electron chi connectivity index (χ3n) is 4.51. The van der Waals surface area contributed by atoms with Gasteiger partial charge in [0.15, 0.2) is 0 Å². The highest BCUT2D eigenvalue weighted by atomic mass is 35.5. The molecule has 0 amide bonds. The lowest BCUT2D eigenvalue weighted by molar-refractivity contribution is 0.277. The molecule has 1 aromatic rings. The molecule has 1 heterocycles. The van der Waals surface area contributed by atoms with Crippen molar-refractivity contribution in [2.45, 2.75) is 32.6 Å². The van der Waals surface area contributed by atoms with Crippen molar-refractivity contribution in [2.75, 3.05) is 13.1 Å². The number of benzene rings is 1. The monoisotopic (exact) mass is 235 g/mol. The molecule has 2 atom stereocenters. The Morgan fingerprint density at radius 3 is 3.06 bits per heavy atom. The van der Waals surface area contributed by atoms with Gasteiger partial charge in [-0.2, -0.15) is 0 Å². The van der Waals surface area contributed by atoms with Gasteiger partial charge in [-0.05, 0) is 41.9 Å². The molecule has 16 heavy (non-hydrogen) atoms. The van der Waals surface area contributed by atoms with Gasteiger partial charge in [0.1, 0.15) is 0 Å². The van der Waals surface area contributed by atoms with Crippen LogP contribution in [0.4, 0.5) is 0 Å². The number of hydrogen-bond acceptors (Lipinski definition) is 1. The first kappa shape index (κ1) is 10.6. The van der Waals surface area contributed by atoms with Crippen LogP contribution in [0.1, 0.15) is 36.0 Å². The van der Waals surface area contributed by atoms with Crippen LogP contribution in [0.2, 0.25) is 5.02 Å². The topological polar surface area (TPSA) is 12.0 Å². The van der Waals surface area contributed by atoms with Gasteiger partial charge in [0.25, 0.3) is 0 Å². The molecular formula is C14H18ClN. The molecule has 0 spiro atoms. The Kier molecular flexibility index (Phi) is 2.31. The van der Waals surface area contributed by atoms with Crippen molar-refractivity contribution in [3.63, 3.8) is 0 Å². The van der Waals surface area contributed by atoms with E-state index >= 15 is 0 Å². The first-order chi connectivity index (χ1) is 7.62. The normalized spacial score (nSPS) is 32.3. The van der Waals surface area contributed by atoms with Gasteiger partial charge >= 0.3 is 0 Å². The van der Waals surface area contributed by atoms with Crippen LogP contribution in [-0.4, -0.2) is 13.1 Å². The Morgan fingerprint density at radius 2 is 2.25 bits per heavy atom. The predicted octanol–water partition coefficient (Wildman–Crippen LogP) is 3.29. The molecule has 1 saturated heterocycles. The molecule has 1 nitrogen and oxygen atoms in total. The largest absolute Gasteiger partial charge is 0.316 e. The average Bonchev–Trinajstić information content (AvgIpc) is 2.65. The van der Waals surface area contributed by atoms with Gasteiger partial charge in [0.2, 0.25) is 0 Å². The maximum atomic E-state index is 6.43. The van der Waals surface area contributed by atoms with E-state index in [2.05, 4.69) is 31.3 Å². The van der Waals surface area contributed by atoms with E-state index in [1.165, 1.54) is 23.1 Å². The number of aryl methyl sites for hydroxylation is 1. The average molecular weight is 236 g/mol. The van der Waals surface area contributed by atoms with Crippen molar-refractivity contribution in [3.8, 4) is 0 Å². The molecule has 3 rings (SSSR count). The fourth-order valence-electron chi connectivity index (χ4n) is 3.36. The van der Waals surface area contributed by atoms with E-state index in [1.54, 1.807) is 0 Å². The summed E-state index contributed by atoms with van der Waals surface area (Å²) >= 11 is 6.43. The van der Waals surface area contributed by atoms with Crippen LogP contribution >= 0.6 is 11.6 Å². The van der Waals surface area contributed by atoms with Crippen LogP contribution in [0, 0.1) is 12.3 Å². The maximum Gasteiger partial charge on any atom is 0.0470 e. The number of halogens is 1. The molecule has 1 aliphatic carbocycles. The van der Waals surface area contributed by atoms with Crippen LogP contribution in [-0.2, 0) is 6.42 Å². The highest BCUT2D eigenvalue weighted by molar-refractivity contribution is 6.32. The summed E-state index contributed by atoms with van der Waals surface area (Å²) in [6.07, 6.45) is 2.41. The molecule has 1 N–H and O–H groups in total. The van der Waals surface area contributed by atoms with Gasteiger partial charge in [-0.25, -0.2) is 0 Å². The number of hydrogen-bond donors (Lipinski definition) is 1. The smallest absolute Gasteiger partial charge is 0.0470 e. The second-order valence-corrected chi connectivity index (χ2v) is 5.98. The van der Waals surface area contributed by atoms with Crippen LogP contribution in [0.15, 0.2) is 12.1 Å². The zero-order chi connectivity index (χ0) is 11.3. The Hall–Kier alpha value is -0.530. The summed E-state index contributed by atoms with van der Waals surface area (Å²) in [5.41, 5.74) is 4.57. The fourth-order valence-corrected chi connectivity index (χ4v) is 3.63. The quantitative estimate of drug-likeness (QED) is 0.728. The molecule has 86 valence electrons. The minimum Gasteiger partial charge on any atom is -0.316 e. The van der Waals surface area contributed by atoms with Crippen LogP contribution in [0.25, 0.3) is 0 Å². The molecule has 2 aliphatic rings. The highest BCUT2D eigenvalue weighted by Gasteiger charge is 2.43. The van der Waals surface area contributed by atoms with Crippen molar-refractivity contribution >= 4 is 11.6 Å². The van der Waals surface area contributed by atoms with E-state index in [1.807, 2.05) is 0 Å². The van der Waals surface area contributed by atoms with E-state index in [-0.39, 0.29) is 0 Å². The highest BCUT2D eigenvalue weighted by Crippen LogP contribution is 2.49. The van der Waals surface area contributed by atoms with Gasteiger partial charge in [-0.1, -0.05) is 30.7 Å². The maximum absolute atomic E-state index is 6.43. The Balaban J connectivity index is 2.14. The number of nitrogens with one attached hydrogen (secondary N) is 1. The second kappa shape index (κ2) is 3.48. The van der Waals surface area contributed by atoms with Crippen molar-refractivity contribution in [2.24, 2.45) is 5.41 Å². The minimum atomic E-state index is 0.450. The Labute approximate surface area is 102 Å². The molecule has 0 radical (unpaired) electrons. The molecule has 1 aliphatic heterocycles. The van der Waals surface area contributed by atoms with Gasteiger partial charge in [0, 0.05) is 24.0 Å². The first-order valence-corrected chi connectivity index (χ1v) is 6.48. The zero-order valence-electron chi connectivity index (χ0n) is 9.94.